The van der Waals surface area contributed by atoms with Crippen LogP contribution in [0.1, 0.15) is 26.7 Å². The second kappa shape index (κ2) is 4.53. The zero-order valence-electron chi connectivity index (χ0n) is 10.6. The molecule has 1 aliphatic rings. The van der Waals surface area contributed by atoms with Crippen LogP contribution in [0.25, 0.3) is 0 Å². The van der Waals surface area contributed by atoms with Gasteiger partial charge in [0.25, 0.3) is 0 Å². The van der Waals surface area contributed by atoms with Crippen LogP contribution in [0.15, 0.2) is 18.3 Å². The number of aromatic nitrogens is 1. The molecular weight excluding hydrogens is 214 g/mol. The number of rotatable bonds is 2. The minimum absolute atomic E-state index is 0.314. The van der Waals surface area contributed by atoms with Gasteiger partial charge in [-0.2, -0.15) is 0 Å². The predicted octanol–water partition coefficient (Wildman–Crippen LogP) is 1.65. The Morgan fingerprint density at radius 2 is 2.24 bits per heavy atom. The van der Waals surface area contributed by atoms with Crippen molar-refractivity contribution in [3.8, 4) is 0 Å². The van der Waals surface area contributed by atoms with Crippen molar-refractivity contribution in [2.24, 2.45) is 5.92 Å². The van der Waals surface area contributed by atoms with Crippen LogP contribution in [0.4, 0.5) is 11.5 Å². The van der Waals surface area contributed by atoms with Gasteiger partial charge in [0.15, 0.2) is 0 Å². The van der Waals surface area contributed by atoms with Gasteiger partial charge in [-0.1, -0.05) is 0 Å². The first kappa shape index (κ1) is 12.2. The molecule has 0 saturated carbocycles. The summed E-state index contributed by atoms with van der Waals surface area (Å²) in [5, 5.41) is 10.1. The van der Waals surface area contributed by atoms with E-state index in [9.17, 15) is 5.11 Å². The molecule has 4 nitrogen and oxygen atoms in total. The van der Waals surface area contributed by atoms with Crippen LogP contribution < -0.4 is 10.6 Å². The third-order valence-corrected chi connectivity index (χ3v) is 3.56. The van der Waals surface area contributed by atoms with Crippen molar-refractivity contribution in [2.75, 3.05) is 23.7 Å². The van der Waals surface area contributed by atoms with E-state index in [-0.39, 0.29) is 0 Å². The number of hydrogen-bond donors (Lipinski definition) is 2. The van der Waals surface area contributed by atoms with Gasteiger partial charge < -0.3 is 15.7 Å². The molecule has 0 aromatic carbocycles. The molecule has 1 unspecified atom stereocenters. The fraction of sp³-hybridized carbons (Fsp3) is 0.615. The van der Waals surface area contributed by atoms with E-state index in [4.69, 9.17) is 5.73 Å². The average Bonchev–Trinajstić information content (AvgIpc) is 2.29. The van der Waals surface area contributed by atoms with Crippen molar-refractivity contribution in [1.29, 1.82) is 0 Å². The number of nitrogens with zero attached hydrogens (tertiary/aromatic N) is 2. The maximum Gasteiger partial charge on any atom is 0.123 e. The lowest BCUT2D eigenvalue weighted by Gasteiger charge is -2.39. The highest BCUT2D eigenvalue weighted by atomic mass is 16.3. The van der Waals surface area contributed by atoms with E-state index in [1.807, 2.05) is 32.2 Å². The summed E-state index contributed by atoms with van der Waals surface area (Å²) >= 11 is 0. The van der Waals surface area contributed by atoms with Crippen LogP contribution in [-0.2, 0) is 0 Å². The lowest BCUT2D eigenvalue weighted by Crippen LogP contribution is -2.44. The van der Waals surface area contributed by atoms with E-state index >= 15 is 0 Å². The van der Waals surface area contributed by atoms with Gasteiger partial charge in [-0.05, 0) is 38.8 Å². The number of nitrogens with two attached hydrogens (primary N) is 1. The summed E-state index contributed by atoms with van der Waals surface area (Å²) in [6.45, 7) is 5.69. The Labute approximate surface area is 102 Å². The Morgan fingerprint density at radius 1 is 1.47 bits per heavy atom. The Balaban J connectivity index is 2.09. The smallest absolute Gasteiger partial charge is 0.123 e. The Hall–Kier alpha value is -1.29. The Kier molecular flexibility index (Phi) is 3.24. The predicted molar refractivity (Wildman–Crippen MR) is 69.9 cm³/mol. The minimum Gasteiger partial charge on any atom is -0.390 e. The Bertz CT molecular complexity index is 369. The van der Waals surface area contributed by atoms with E-state index in [1.165, 1.54) is 0 Å². The van der Waals surface area contributed by atoms with Crippen molar-refractivity contribution in [3.63, 3.8) is 0 Å². The van der Waals surface area contributed by atoms with Crippen LogP contribution in [-0.4, -0.2) is 28.8 Å². The summed E-state index contributed by atoms with van der Waals surface area (Å²) in [6.07, 6.45) is 4.00. The summed E-state index contributed by atoms with van der Waals surface area (Å²) in [4.78, 5) is 6.39. The molecule has 4 heteroatoms. The van der Waals surface area contributed by atoms with Crippen LogP contribution >= 0.6 is 0 Å². The number of aliphatic hydroxyl groups is 1. The standard InChI is InChI=1S/C13H21N3O/c1-13(2,17)10-4-3-7-16(9-10)11-5-6-12(14)15-8-11/h5-6,8,10,17H,3-4,7,9H2,1-2H3,(H2,14,15). The molecular formula is C13H21N3O. The van der Waals surface area contributed by atoms with Gasteiger partial charge in [0.2, 0.25) is 0 Å². The number of hydrogen-bond acceptors (Lipinski definition) is 4. The maximum atomic E-state index is 10.1. The van der Waals surface area contributed by atoms with Gasteiger partial charge in [-0.3, -0.25) is 0 Å². The minimum atomic E-state index is -0.611. The third kappa shape index (κ3) is 2.88. The van der Waals surface area contributed by atoms with Crippen LogP contribution in [0.5, 0.6) is 0 Å². The maximum absolute atomic E-state index is 10.1. The molecule has 3 N–H and O–H groups in total. The monoisotopic (exact) mass is 235 g/mol. The molecule has 1 aromatic rings. The lowest BCUT2D eigenvalue weighted by atomic mass is 9.84. The van der Waals surface area contributed by atoms with Gasteiger partial charge >= 0.3 is 0 Å². The molecule has 0 amide bonds. The first-order chi connectivity index (χ1) is 7.97. The summed E-state index contributed by atoms with van der Waals surface area (Å²) in [5.74, 6) is 0.860. The second-order valence-electron chi connectivity index (χ2n) is 5.38. The highest BCUT2D eigenvalue weighted by Crippen LogP contribution is 2.29. The fourth-order valence-corrected chi connectivity index (χ4v) is 2.37. The molecule has 0 spiro atoms. The topological polar surface area (TPSA) is 62.4 Å². The molecule has 2 heterocycles. The van der Waals surface area contributed by atoms with E-state index in [2.05, 4.69) is 9.88 Å². The van der Waals surface area contributed by atoms with Gasteiger partial charge in [0.05, 0.1) is 17.5 Å². The highest BCUT2D eigenvalue weighted by molar-refractivity contribution is 5.48. The largest absolute Gasteiger partial charge is 0.390 e. The van der Waals surface area contributed by atoms with Crippen molar-refractivity contribution in [2.45, 2.75) is 32.3 Å². The number of pyridine rings is 1. The van der Waals surface area contributed by atoms with Crippen LogP contribution in [0, 0.1) is 5.92 Å². The fourth-order valence-electron chi connectivity index (χ4n) is 2.37. The molecule has 17 heavy (non-hydrogen) atoms. The second-order valence-corrected chi connectivity index (χ2v) is 5.38. The first-order valence-electron chi connectivity index (χ1n) is 6.15. The SMILES string of the molecule is CC(C)(O)C1CCCN(c2ccc(N)nc2)C1. The molecule has 1 atom stereocenters. The molecule has 1 fully saturated rings. The number of anilines is 2. The number of piperidine rings is 1. The number of nitrogen functional groups attached to an aromatic ring is 1. The zero-order valence-corrected chi connectivity index (χ0v) is 10.6. The van der Waals surface area contributed by atoms with E-state index in [0.717, 1.165) is 31.6 Å². The quantitative estimate of drug-likeness (QED) is 0.818. The van der Waals surface area contributed by atoms with Crippen molar-refractivity contribution in [1.82, 2.24) is 4.98 Å². The van der Waals surface area contributed by atoms with Gasteiger partial charge in [-0.15, -0.1) is 0 Å². The van der Waals surface area contributed by atoms with Gasteiger partial charge in [-0.25, -0.2) is 4.98 Å². The third-order valence-electron chi connectivity index (χ3n) is 3.56. The normalized spacial score (nSPS) is 21.6. The first-order valence-corrected chi connectivity index (χ1v) is 6.15. The molecule has 0 aliphatic carbocycles. The molecule has 1 aromatic heterocycles. The van der Waals surface area contributed by atoms with Crippen molar-refractivity contribution < 1.29 is 5.11 Å². The van der Waals surface area contributed by atoms with Crippen LogP contribution in [0.3, 0.4) is 0 Å². The van der Waals surface area contributed by atoms with Gasteiger partial charge in [0, 0.05) is 19.0 Å². The summed E-state index contributed by atoms with van der Waals surface area (Å²) in [7, 11) is 0. The summed E-state index contributed by atoms with van der Waals surface area (Å²) in [5.41, 5.74) is 6.06. The van der Waals surface area contributed by atoms with E-state index in [0.29, 0.717) is 11.7 Å². The molecule has 0 radical (unpaired) electrons. The summed E-state index contributed by atoms with van der Waals surface area (Å²) < 4.78 is 0. The zero-order chi connectivity index (χ0) is 12.5. The highest BCUT2D eigenvalue weighted by Gasteiger charge is 2.31. The average molecular weight is 235 g/mol. The van der Waals surface area contributed by atoms with E-state index in [1.54, 1.807) is 0 Å². The van der Waals surface area contributed by atoms with Gasteiger partial charge in [0.1, 0.15) is 5.82 Å². The lowest BCUT2D eigenvalue weighted by molar-refractivity contribution is 0.0110. The molecule has 1 aliphatic heterocycles. The van der Waals surface area contributed by atoms with Crippen molar-refractivity contribution >= 4 is 11.5 Å². The molecule has 0 bridgehead atoms. The molecule has 94 valence electrons. The molecule has 2 rings (SSSR count). The summed E-state index contributed by atoms with van der Waals surface area (Å²) in [6, 6.07) is 3.82. The molecule has 1 saturated heterocycles. The van der Waals surface area contributed by atoms with Crippen molar-refractivity contribution in [3.05, 3.63) is 18.3 Å². The Morgan fingerprint density at radius 3 is 2.82 bits per heavy atom. The van der Waals surface area contributed by atoms with Crippen LogP contribution in [0.2, 0.25) is 0 Å². The van der Waals surface area contributed by atoms with E-state index < -0.39 is 5.60 Å².